The minimum atomic E-state index is 0.474. The van der Waals surface area contributed by atoms with E-state index >= 15 is 0 Å². The summed E-state index contributed by atoms with van der Waals surface area (Å²) in [5, 5.41) is 4.33. The molecular weight excluding hydrogens is 208 g/mol. The molecule has 0 amide bonds. The molecule has 1 unspecified atom stereocenters. The molecule has 2 nitrogen and oxygen atoms in total. The minimum Gasteiger partial charge on any atom is -0.377 e. The van der Waals surface area contributed by atoms with Crippen molar-refractivity contribution in [2.24, 2.45) is 5.92 Å². The van der Waals surface area contributed by atoms with Crippen LogP contribution in [0.2, 0.25) is 5.02 Å². The van der Waals surface area contributed by atoms with E-state index in [1.165, 1.54) is 5.69 Å². The number of halogens is 1. The molecule has 0 bridgehead atoms. The van der Waals surface area contributed by atoms with Crippen molar-refractivity contribution in [2.75, 3.05) is 23.8 Å². The third-order valence-electron chi connectivity index (χ3n) is 3.01. The van der Waals surface area contributed by atoms with Crippen LogP contribution in [0, 0.1) is 5.92 Å². The number of nitrogens with zero attached hydrogens (tertiary/aromatic N) is 1. The molecule has 1 aromatic rings. The molecule has 0 aliphatic carbocycles. The Labute approximate surface area is 96.2 Å². The van der Waals surface area contributed by atoms with Gasteiger partial charge in [-0.25, -0.2) is 0 Å². The van der Waals surface area contributed by atoms with Gasteiger partial charge in [0.05, 0.1) is 16.4 Å². The number of para-hydroxylation sites is 1. The van der Waals surface area contributed by atoms with Crippen LogP contribution in [0.15, 0.2) is 18.2 Å². The summed E-state index contributed by atoms with van der Waals surface area (Å²) in [5.41, 5.74) is 2.27. The molecule has 2 rings (SSSR count). The van der Waals surface area contributed by atoms with Crippen LogP contribution in [0.1, 0.15) is 13.8 Å². The Hall–Kier alpha value is -0.890. The molecule has 1 aliphatic rings. The van der Waals surface area contributed by atoms with Gasteiger partial charge in [0.25, 0.3) is 0 Å². The molecule has 0 saturated carbocycles. The first-order chi connectivity index (χ1) is 7.09. The van der Waals surface area contributed by atoms with Gasteiger partial charge in [-0.15, -0.1) is 0 Å². The summed E-state index contributed by atoms with van der Waals surface area (Å²) in [6, 6.07) is 6.51. The summed E-state index contributed by atoms with van der Waals surface area (Å²) in [6.07, 6.45) is 0. The van der Waals surface area contributed by atoms with Crippen LogP contribution in [0.5, 0.6) is 0 Å². The summed E-state index contributed by atoms with van der Waals surface area (Å²) in [4.78, 5) is 2.27. The maximum absolute atomic E-state index is 6.19. The number of fused-ring (bicyclic) bond motifs is 1. The quantitative estimate of drug-likeness (QED) is 0.788. The molecule has 82 valence electrons. The van der Waals surface area contributed by atoms with E-state index < -0.39 is 0 Å². The molecule has 0 saturated heterocycles. The highest BCUT2D eigenvalue weighted by molar-refractivity contribution is 6.34. The second-order valence-electron chi connectivity index (χ2n) is 4.51. The van der Waals surface area contributed by atoms with Crippen molar-refractivity contribution >= 4 is 23.0 Å². The predicted octanol–water partition coefficient (Wildman–Crippen LogP) is 3.23. The van der Waals surface area contributed by atoms with Gasteiger partial charge in [-0.2, -0.15) is 0 Å². The first-order valence-corrected chi connectivity index (χ1v) is 5.73. The maximum Gasteiger partial charge on any atom is 0.0770 e. The van der Waals surface area contributed by atoms with Crippen LogP contribution in [0.3, 0.4) is 0 Å². The molecule has 1 heterocycles. The van der Waals surface area contributed by atoms with Gasteiger partial charge < -0.3 is 10.2 Å². The van der Waals surface area contributed by atoms with Gasteiger partial charge in [-0.05, 0) is 18.1 Å². The van der Waals surface area contributed by atoms with E-state index in [9.17, 15) is 0 Å². The highest BCUT2D eigenvalue weighted by Gasteiger charge is 2.24. The second-order valence-corrected chi connectivity index (χ2v) is 4.92. The normalized spacial score (nSPS) is 20.1. The van der Waals surface area contributed by atoms with Crippen molar-refractivity contribution in [2.45, 2.75) is 19.9 Å². The standard InChI is InChI=1S/C12H17ClN2/c1-8(2)10-7-15(3)11-6-4-5-9(13)12(11)14-10/h4-6,8,10,14H,7H2,1-3H3. The lowest BCUT2D eigenvalue weighted by molar-refractivity contribution is 0.514. The zero-order chi connectivity index (χ0) is 11.0. The third-order valence-corrected chi connectivity index (χ3v) is 3.32. The highest BCUT2D eigenvalue weighted by Crippen LogP contribution is 2.36. The Morgan fingerprint density at radius 3 is 2.87 bits per heavy atom. The van der Waals surface area contributed by atoms with E-state index in [1.807, 2.05) is 12.1 Å². The second kappa shape index (κ2) is 3.93. The number of rotatable bonds is 1. The van der Waals surface area contributed by atoms with Crippen molar-refractivity contribution in [3.8, 4) is 0 Å². The molecule has 1 aliphatic heterocycles. The maximum atomic E-state index is 6.19. The number of anilines is 2. The van der Waals surface area contributed by atoms with Crippen LogP contribution in [-0.2, 0) is 0 Å². The zero-order valence-electron chi connectivity index (χ0n) is 9.42. The molecule has 1 aromatic carbocycles. The smallest absolute Gasteiger partial charge is 0.0770 e. The molecule has 0 spiro atoms. The molecule has 15 heavy (non-hydrogen) atoms. The van der Waals surface area contributed by atoms with E-state index in [0.717, 1.165) is 17.3 Å². The van der Waals surface area contributed by atoms with Gasteiger partial charge in [0.15, 0.2) is 0 Å². The van der Waals surface area contributed by atoms with Crippen molar-refractivity contribution in [3.63, 3.8) is 0 Å². The molecule has 0 radical (unpaired) electrons. The summed E-state index contributed by atoms with van der Waals surface area (Å²) >= 11 is 6.19. The fraction of sp³-hybridized carbons (Fsp3) is 0.500. The largest absolute Gasteiger partial charge is 0.377 e. The zero-order valence-corrected chi connectivity index (χ0v) is 10.2. The molecular formula is C12H17ClN2. The molecule has 0 fully saturated rings. The first-order valence-electron chi connectivity index (χ1n) is 5.36. The fourth-order valence-electron chi connectivity index (χ4n) is 1.98. The fourth-order valence-corrected chi connectivity index (χ4v) is 2.20. The summed E-state index contributed by atoms with van der Waals surface area (Å²) in [7, 11) is 2.12. The number of benzene rings is 1. The van der Waals surface area contributed by atoms with Crippen LogP contribution in [0.25, 0.3) is 0 Å². The molecule has 0 aromatic heterocycles. The van der Waals surface area contributed by atoms with E-state index in [-0.39, 0.29) is 0 Å². The van der Waals surface area contributed by atoms with Crippen molar-refractivity contribution < 1.29 is 0 Å². The Bertz CT molecular complexity index is 363. The highest BCUT2D eigenvalue weighted by atomic mass is 35.5. The number of likely N-dealkylation sites (N-methyl/N-ethyl adjacent to an activating group) is 1. The van der Waals surface area contributed by atoms with Gasteiger partial charge in [-0.3, -0.25) is 0 Å². The van der Waals surface area contributed by atoms with Crippen LogP contribution in [0.4, 0.5) is 11.4 Å². The lowest BCUT2D eigenvalue weighted by Gasteiger charge is -2.37. The Morgan fingerprint density at radius 1 is 1.47 bits per heavy atom. The van der Waals surface area contributed by atoms with Crippen molar-refractivity contribution in [1.82, 2.24) is 0 Å². The van der Waals surface area contributed by atoms with Crippen LogP contribution in [-0.4, -0.2) is 19.6 Å². The number of hydrogen-bond acceptors (Lipinski definition) is 2. The van der Waals surface area contributed by atoms with E-state index in [4.69, 9.17) is 11.6 Å². The summed E-state index contributed by atoms with van der Waals surface area (Å²) < 4.78 is 0. The van der Waals surface area contributed by atoms with Crippen molar-refractivity contribution in [1.29, 1.82) is 0 Å². The summed E-state index contributed by atoms with van der Waals surface area (Å²) in [5.74, 6) is 0.608. The lowest BCUT2D eigenvalue weighted by atomic mass is 10.0. The Morgan fingerprint density at radius 2 is 2.20 bits per heavy atom. The van der Waals surface area contributed by atoms with Gasteiger partial charge >= 0.3 is 0 Å². The number of nitrogens with one attached hydrogen (secondary N) is 1. The van der Waals surface area contributed by atoms with Gasteiger partial charge in [-0.1, -0.05) is 31.5 Å². The SMILES string of the molecule is CC(C)C1CN(C)c2cccc(Cl)c2N1. The lowest BCUT2D eigenvalue weighted by Crippen LogP contribution is -2.42. The first kappa shape index (κ1) is 10.6. The predicted molar refractivity (Wildman–Crippen MR) is 67.0 cm³/mol. The minimum absolute atomic E-state index is 0.474. The van der Waals surface area contributed by atoms with Crippen LogP contribution < -0.4 is 10.2 Å². The topological polar surface area (TPSA) is 15.3 Å². The van der Waals surface area contributed by atoms with Gasteiger partial charge in [0.1, 0.15) is 0 Å². The molecule has 1 atom stereocenters. The van der Waals surface area contributed by atoms with E-state index in [0.29, 0.717) is 12.0 Å². The van der Waals surface area contributed by atoms with E-state index in [1.54, 1.807) is 0 Å². The third kappa shape index (κ3) is 1.91. The average Bonchev–Trinajstić information content (AvgIpc) is 2.19. The Kier molecular flexibility index (Phi) is 2.79. The average molecular weight is 225 g/mol. The van der Waals surface area contributed by atoms with Gasteiger partial charge in [0.2, 0.25) is 0 Å². The monoisotopic (exact) mass is 224 g/mol. The Balaban J connectivity index is 2.37. The number of hydrogen-bond donors (Lipinski definition) is 1. The van der Waals surface area contributed by atoms with E-state index in [2.05, 4.69) is 37.2 Å². The van der Waals surface area contributed by atoms with Crippen molar-refractivity contribution in [3.05, 3.63) is 23.2 Å². The van der Waals surface area contributed by atoms with Crippen LogP contribution >= 0.6 is 11.6 Å². The molecule has 3 heteroatoms. The molecule has 1 N–H and O–H groups in total. The summed E-state index contributed by atoms with van der Waals surface area (Å²) in [6.45, 7) is 5.49. The van der Waals surface area contributed by atoms with Gasteiger partial charge in [0, 0.05) is 19.6 Å².